The molecule has 1 saturated heterocycles. The maximum absolute atomic E-state index is 12.1. The summed E-state index contributed by atoms with van der Waals surface area (Å²) in [6, 6.07) is 0. The third-order valence-electron chi connectivity index (χ3n) is 3.60. The van der Waals surface area contributed by atoms with Crippen LogP contribution in [0.3, 0.4) is 0 Å². The molecule has 2 fully saturated rings. The number of rotatable bonds is 4. The van der Waals surface area contributed by atoms with Gasteiger partial charge in [0.2, 0.25) is 5.91 Å². The first-order valence-corrected chi connectivity index (χ1v) is 6.58. The number of carboxylic acid groups (broad SMARTS) is 1. The Morgan fingerprint density at radius 1 is 1.35 bits per heavy atom. The van der Waals surface area contributed by atoms with Gasteiger partial charge in [0.05, 0.1) is 5.69 Å². The maximum Gasteiger partial charge on any atom is 0.358 e. The minimum absolute atomic E-state index is 0.0898. The van der Waals surface area contributed by atoms with Crippen molar-refractivity contribution in [2.24, 2.45) is 0 Å². The second-order valence-electron chi connectivity index (χ2n) is 5.10. The molecule has 1 aliphatic heterocycles. The first-order valence-electron chi connectivity index (χ1n) is 6.58. The Labute approximate surface area is 114 Å². The lowest BCUT2D eigenvalue weighted by atomic mass is 10.2. The lowest BCUT2D eigenvalue weighted by molar-refractivity contribution is -0.142. The monoisotopic (exact) mass is 278 g/mol. The van der Waals surface area contributed by atoms with Crippen molar-refractivity contribution in [3.05, 3.63) is 11.4 Å². The average molecular weight is 278 g/mol. The van der Waals surface area contributed by atoms with Gasteiger partial charge in [0.15, 0.2) is 5.69 Å². The summed E-state index contributed by atoms with van der Waals surface area (Å²) < 4.78 is 1.33. The smallest absolute Gasteiger partial charge is 0.358 e. The molecular weight excluding hydrogens is 264 g/mol. The zero-order valence-corrected chi connectivity index (χ0v) is 10.8. The Morgan fingerprint density at radius 2 is 2.10 bits per heavy atom. The van der Waals surface area contributed by atoms with Crippen LogP contribution in [-0.2, 0) is 16.1 Å². The number of hydrogen-bond acceptors (Lipinski definition) is 5. The molecule has 1 aliphatic carbocycles. The second-order valence-corrected chi connectivity index (χ2v) is 5.10. The van der Waals surface area contributed by atoms with Crippen LogP contribution in [0.4, 0.5) is 0 Å². The van der Waals surface area contributed by atoms with Gasteiger partial charge in [-0.25, -0.2) is 9.48 Å². The van der Waals surface area contributed by atoms with E-state index in [9.17, 15) is 14.4 Å². The first kappa shape index (κ1) is 12.8. The summed E-state index contributed by atoms with van der Waals surface area (Å²) in [5.41, 5.74) is 0.408. The molecule has 1 N–H and O–H groups in total. The number of aromatic nitrogens is 3. The number of carbonyl (C=O) groups is 3. The van der Waals surface area contributed by atoms with E-state index in [0.29, 0.717) is 25.1 Å². The van der Waals surface area contributed by atoms with E-state index in [-0.39, 0.29) is 30.0 Å². The highest BCUT2D eigenvalue weighted by Crippen LogP contribution is 2.41. The zero-order chi connectivity index (χ0) is 14.3. The Bertz CT molecular complexity index is 590. The van der Waals surface area contributed by atoms with E-state index in [4.69, 9.17) is 5.11 Å². The summed E-state index contributed by atoms with van der Waals surface area (Å²) in [7, 11) is 0. The van der Waals surface area contributed by atoms with Crippen molar-refractivity contribution in [1.82, 2.24) is 19.9 Å². The van der Waals surface area contributed by atoms with E-state index < -0.39 is 5.97 Å². The van der Waals surface area contributed by atoms with Crippen LogP contribution in [-0.4, -0.2) is 49.3 Å². The number of amides is 2. The van der Waals surface area contributed by atoms with Gasteiger partial charge in [-0.1, -0.05) is 5.21 Å². The molecule has 0 radical (unpaired) electrons. The van der Waals surface area contributed by atoms with Crippen molar-refractivity contribution in [2.45, 2.75) is 38.1 Å². The first-order chi connectivity index (χ1) is 9.58. The lowest BCUT2D eigenvalue weighted by Gasteiger charge is -2.14. The standard InChI is InChI=1S/C12H14N4O4/c17-8-2-1-5-15(8)9(18)6-16-11(7-3-4-7)10(12(19)20)13-14-16/h7H,1-6H2,(H,19,20). The number of likely N-dealkylation sites (tertiary alicyclic amines) is 1. The highest BCUT2D eigenvalue weighted by molar-refractivity contribution is 5.96. The predicted octanol–water partition coefficient (Wildman–Crippen LogP) is 0.00270. The van der Waals surface area contributed by atoms with E-state index in [1.165, 1.54) is 9.58 Å². The minimum atomic E-state index is -1.14. The highest BCUT2D eigenvalue weighted by Gasteiger charge is 2.35. The van der Waals surface area contributed by atoms with Gasteiger partial charge in [-0.15, -0.1) is 5.10 Å². The van der Waals surface area contributed by atoms with E-state index >= 15 is 0 Å². The van der Waals surface area contributed by atoms with Crippen molar-refractivity contribution >= 4 is 17.8 Å². The summed E-state index contributed by atoms with van der Waals surface area (Å²) in [6.45, 7) is 0.300. The van der Waals surface area contributed by atoms with Crippen LogP contribution in [0, 0.1) is 0 Å². The molecule has 1 saturated carbocycles. The fourth-order valence-corrected chi connectivity index (χ4v) is 2.48. The summed E-state index contributed by atoms with van der Waals surface area (Å²) in [6.07, 6.45) is 2.83. The van der Waals surface area contributed by atoms with Crippen molar-refractivity contribution in [2.75, 3.05) is 6.54 Å². The third kappa shape index (κ3) is 2.17. The van der Waals surface area contributed by atoms with Gasteiger partial charge in [0.1, 0.15) is 6.54 Å². The number of hydrogen-bond donors (Lipinski definition) is 1. The molecule has 0 spiro atoms. The number of carboxylic acids is 1. The number of carbonyl (C=O) groups excluding carboxylic acids is 2. The van der Waals surface area contributed by atoms with Gasteiger partial charge in [-0.05, 0) is 19.3 Å². The minimum Gasteiger partial charge on any atom is -0.476 e. The normalized spacial score (nSPS) is 18.6. The van der Waals surface area contributed by atoms with Crippen LogP contribution in [0.25, 0.3) is 0 Å². The van der Waals surface area contributed by atoms with Crippen molar-refractivity contribution in [3.63, 3.8) is 0 Å². The average Bonchev–Trinajstić information content (AvgIpc) is 3.00. The third-order valence-corrected chi connectivity index (χ3v) is 3.60. The predicted molar refractivity (Wildman–Crippen MR) is 64.9 cm³/mol. The van der Waals surface area contributed by atoms with Gasteiger partial charge in [-0.2, -0.15) is 0 Å². The van der Waals surface area contributed by atoms with Crippen molar-refractivity contribution in [1.29, 1.82) is 0 Å². The second kappa shape index (κ2) is 4.69. The molecule has 8 nitrogen and oxygen atoms in total. The lowest BCUT2D eigenvalue weighted by Crippen LogP contribution is -2.35. The molecule has 3 rings (SSSR count). The summed E-state index contributed by atoms with van der Waals surface area (Å²) >= 11 is 0. The van der Waals surface area contributed by atoms with Gasteiger partial charge in [0.25, 0.3) is 5.91 Å². The van der Waals surface area contributed by atoms with Gasteiger partial charge in [0, 0.05) is 18.9 Å². The largest absolute Gasteiger partial charge is 0.476 e. The summed E-state index contributed by atoms with van der Waals surface area (Å²) in [5.74, 6) is -1.56. The molecule has 106 valence electrons. The fraction of sp³-hybridized carbons (Fsp3) is 0.583. The molecule has 0 bridgehead atoms. The number of imide groups is 1. The quantitative estimate of drug-likeness (QED) is 0.831. The Balaban J connectivity index is 1.82. The van der Waals surface area contributed by atoms with Crippen LogP contribution in [0.2, 0.25) is 0 Å². The van der Waals surface area contributed by atoms with Crippen molar-refractivity contribution in [3.8, 4) is 0 Å². The molecule has 2 heterocycles. The van der Waals surface area contributed by atoms with E-state index in [1.807, 2.05) is 0 Å². The topological polar surface area (TPSA) is 105 Å². The number of aromatic carboxylic acids is 1. The van der Waals surface area contributed by atoms with E-state index in [0.717, 1.165) is 12.8 Å². The van der Waals surface area contributed by atoms with Crippen LogP contribution >= 0.6 is 0 Å². The molecule has 8 heteroatoms. The Hall–Kier alpha value is -2.25. The highest BCUT2D eigenvalue weighted by atomic mass is 16.4. The van der Waals surface area contributed by atoms with E-state index in [1.54, 1.807) is 0 Å². The van der Waals surface area contributed by atoms with Crippen LogP contribution < -0.4 is 0 Å². The van der Waals surface area contributed by atoms with Gasteiger partial charge >= 0.3 is 5.97 Å². The van der Waals surface area contributed by atoms with Crippen molar-refractivity contribution < 1.29 is 19.5 Å². The zero-order valence-electron chi connectivity index (χ0n) is 10.8. The fourth-order valence-electron chi connectivity index (χ4n) is 2.48. The SMILES string of the molecule is O=C(O)c1nnn(CC(=O)N2CCCC2=O)c1C1CC1. The molecule has 1 aromatic rings. The van der Waals surface area contributed by atoms with Gasteiger partial charge < -0.3 is 5.11 Å². The molecule has 0 atom stereocenters. The summed E-state index contributed by atoms with van der Waals surface area (Å²) in [4.78, 5) is 35.9. The van der Waals surface area contributed by atoms with Crippen LogP contribution in [0.5, 0.6) is 0 Å². The molecule has 2 aliphatic rings. The summed E-state index contributed by atoms with van der Waals surface area (Å²) in [5, 5.41) is 16.5. The molecule has 0 unspecified atom stereocenters. The Kier molecular flexibility index (Phi) is 3.00. The van der Waals surface area contributed by atoms with E-state index in [2.05, 4.69) is 10.3 Å². The van der Waals surface area contributed by atoms with Crippen LogP contribution in [0.15, 0.2) is 0 Å². The van der Waals surface area contributed by atoms with Gasteiger partial charge in [-0.3, -0.25) is 14.5 Å². The molecule has 1 aromatic heterocycles. The number of nitrogens with zero attached hydrogens (tertiary/aromatic N) is 4. The molecular formula is C12H14N4O4. The molecule has 0 aromatic carbocycles. The molecule has 20 heavy (non-hydrogen) atoms. The Morgan fingerprint density at radius 3 is 2.65 bits per heavy atom. The van der Waals surface area contributed by atoms with Crippen LogP contribution in [0.1, 0.15) is 47.8 Å². The molecule has 2 amide bonds. The maximum atomic E-state index is 12.1.